The van der Waals surface area contributed by atoms with Gasteiger partial charge in [0.1, 0.15) is 5.69 Å². The summed E-state index contributed by atoms with van der Waals surface area (Å²) >= 11 is 1.61. The Bertz CT molecular complexity index is 503. The van der Waals surface area contributed by atoms with E-state index < -0.39 is 0 Å². The molecule has 0 bridgehead atoms. The van der Waals surface area contributed by atoms with Crippen LogP contribution in [0.4, 0.5) is 0 Å². The zero-order valence-corrected chi connectivity index (χ0v) is 10.2. The molecule has 82 valence electrons. The van der Waals surface area contributed by atoms with E-state index in [2.05, 4.69) is 4.98 Å². The van der Waals surface area contributed by atoms with Gasteiger partial charge in [0.15, 0.2) is 5.78 Å². The van der Waals surface area contributed by atoms with Gasteiger partial charge in [-0.1, -0.05) is 6.07 Å². The number of pyridine rings is 1. The van der Waals surface area contributed by atoms with Gasteiger partial charge in [-0.15, -0.1) is 0 Å². The number of hydrogen-bond donors (Lipinski definition) is 0. The maximum atomic E-state index is 12.0. The van der Waals surface area contributed by atoms with Crippen LogP contribution in [0.15, 0.2) is 29.1 Å². The van der Waals surface area contributed by atoms with Gasteiger partial charge in [0.2, 0.25) is 0 Å². The minimum Gasteiger partial charge on any atom is -0.292 e. The Morgan fingerprint density at radius 3 is 2.88 bits per heavy atom. The first-order valence-corrected chi connectivity index (χ1v) is 6.08. The number of aromatic nitrogens is 1. The third kappa shape index (κ3) is 2.36. The van der Waals surface area contributed by atoms with Gasteiger partial charge in [-0.25, -0.2) is 0 Å². The van der Waals surface area contributed by atoms with E-state index in [9.17, 15) is 4.79 Å². The molecule has 0 N–H and O–H groups in total. The maximum Gasteiger partial charge on any atom is 0.185 e. The van der Waals surface area contributed by atoms with E-state index in [1.165, 1.54) is 0 Å². The summed E-state index contributed by atoms with van der Waals surface area (Å²) < 4.78 is 0. The fraction of sp³-hybridized carbons (Fsp3) is 0.231. The summed E-state index contributed by atoms with van der Waals surface area (Å²) in [5.41, 5.74) is 3.71. The minimum atomic E-state index is 0.0934. The molecular formula is C13H13NOS. The standard InChI is InChI=1S/C13H13NOS/c1-9-5-10(2)13(14-7-9)12(15)6-11-3-4-16-8-11/h3-5,7-8H,6H2,1-2H3. The molecule has 0 amide bonds. The van der Waals surface area contributed by atoms with Crippen LogP contribution in [0.3, 0.4) is 0 Å². The minimum absolute atomic E-state index is 0.0934. The second-order valence-corrected chi connectivity index (χ2v) is 4.69. The van der Waals surface area contributed by atoms with Crippen molar-refractivity contribution in [2.75, 3.05) is 0 Å². The number of ketones is 1. The topological polar surface area (TPSA) is 30.0 Å². The first-order valence-electron chi connectivity index (χ1n) is 5.14. The van der Waals surface area contributed by atoms with E-state index in [4.69, 9.17) is 0 Å². The molecule has 0 saturated carbocycles. The molecule has 0 fully saturated rings. The van der Waals surface area contributed by atoms with Gasteiger partial charge in [-0.3, -0.25) is 9.78 Å². The van der Waals surface area contributed by atoms with Gasteiger partial charge in [0, 0.05) is 12.6 Å². The van der Waals surface area contributed by atoms with Crippen LogP contribution in [-0.2, 0) is 6.42 Å². The molecule has 2 nitrogen and oxygen atoms in total. The van der Waals surface area contributed by atoms with Crippen molar-refractivity contribution in [2.24, 2.45) is 0 Å². The number of nitrogens with zero attached hydrogens (tertiary/aromatic N) is 1. The van der Waals surface area contributed by atoms with Gasteiger partial charge >= 0.3 is 0 Å². The van der Waals surface area contributed by atoms with Crippen molar-refractivity contribution in [3.8, 4) is 0 Å². The molecule has 2 heterocycles. The van der Waals surface area contributed by atoms with E-state index in [1.54, 1.807) is 17.5 Å². The molecule has 0 saturated heterocycles. The van der Waals surface area contributed by atoms with Gasteiger partial charge in [-0.2, -0.15) is 11.3 Å². The SMILES string of the molecule is Cc1cnc(C(=O)Cc2ccsc2)c(C)c1. The summed E-state index contributed by atoms with van der Waals surface area (Å²) in [7, 11) is 0. The van der Waals surface area contributed by atoms with Crippen molar-refractivity contribution in [2.45, 2.75) is 20.3 Å². The number of hydrogen-bond acceptors (Lipinski definition) is 3. The third-order valence-electron chi connectivity index (χ3n) is 2.42. The molecule has 2 aromatic rings. The maximum absolute atomic E-state index is 12.0. The highest BCUT2D eigenvalue weighted by Crippen LogP contribution is 2.13. The highest BCUT2D eigenvalue weighted by molar-refractivity contribution is 7.08. The summed E-state index contributed by atoms with van der Waals surface area (Å²) in [6, 6.07) is 3.97. The lowest BCUT2D eigenvalue weighted by Crippen LogP contribution is -2.07. The van der Waals surface area contributed by atoms with Gasteiger partial charge in [0.05, 0.1) is 0 Å². The van der Waals surface area contributed by atoms with Crippen LogP contribution in [0.2, 0.25) is 0 Å². The highest BCUT2D eigenvalue weighted by atomic mass is 32.1. The number of aryl methyl sites for hydroxylation is 2. The average Bonchev–Trinajstić information content (AvgIpc) is 2.70. The Kier molecular flexibility index (Phi) is 3.15. The van der Waals surface area contributed by atoms with Crippen LogP contribution in [0, 0.1) is 13.8 Å². The molecule has 0 aliphatic carbocycles. The third-order valence-corrected chi connectivity index (χ3v) is 3.16. The van der Waals surface area contributed by atoms with Crippen LogP contribution in [0.5, 0.6) is 0 Å². The Balaban J connectivity index is 2.21. The smallest absolute Gasteiger partial charge is 0.185 e. The lowest BCUT2D eigenvalue weighted by atomic mass is 10.1. The van der Waals surface area contributed by atoms with E-state index in [0.717, 1.165) is 16.7 Å². The molecule has 0 unspecified atom stereocenters. The van der Waals surface area contributed by atoms with Crippen molar-refractivity contribution in [3.05, 3.63) is 51.5 Å². The summed E-state index contributed by atoms with van der Waals surface area (Å²) in [4.78, 5) is 16.2. The number of Topliss-reactive ketones (excluding diaryl/α,β-unsaturated/α-hetero) is 1. The van der Waals surface area contributed by atoms with Crippen molar-refractivity contribution < 1.29 is 4.79 Å². The Morgan fingerprint density at radius 2 is 2.25 bits per heavy atom. The predicted octanol–water partition coefficient (Wildman–Crippen LogP) is 3.19. The summed E-state index contributed by atoms with van der Waals surface area (Å²) in [6.45, 7) is 3.91. The van der Waals surface area contributed by atoms with Crippen molar-refractivity contribution in [1.82, 2.24) is 4.98 Å². The second kappa shape index (κ2) is 4.58. The van der Waals surface area contributed by atoms with Gasteiger partial charge in [-0.05, 0) is 47.4 Å². The largest absolute Gasteiger partial charge is 0.292 e. The number of thiophene rings is 1. The molecule has 3 heteroatoms. The van der Waals surface area contributed by atoms with E-state index in [-0.39, 0.29) is 5.78 Å². The molecule has 16 heavy (non-hydrogen) atoms. The lowest BCUT2D eigenvalue weighted by molar-refractivity contribution is 0.0987. The fourth-order valence-corrected chi connectivity index (χ4v) is 2.34. The van der Waals surface area contributed by atoms with Crippen molar-refractivity contribution in [1.29, 1.82) is 0 Å². The van der Waals surface area contributed by atoms with Crippen LogP contribution in [0.25, 0.3) is 0 Å². The van der Waals surface area contributed by atoms with Crippen LogP contribution >= 0.6 is 11.3 Å². The molecule has 0 aliphatic rings. The summed E-state index contributed by atoms with van der Waals surface area (Å²) in [6.07, 6.45) is 2.19. The molecule has 0 aromatic carbocycles. The quantitative estimate of drug-likeness (QED) is 0.759. The molecule has 0 atom stereocenters. The Morgan fingerprint density at radius 1 is 1.44 bits per heavy atom. The summed E-state index contributed by atoms with van der Waals surface area (Å²) in [5.74, 6) is 0.0934. The number of carbonyl (C=O) groups excluding carboxylic acids is 1. The average molecular weight is 231 g/mol. The first kappa shape index (κ1) is 11.0. The van der Waals surface area contributed by atoms with Gasteiger partial charge < -0.3 is 0 Å². The molecule has 2 rings (SSSR count). The van der Waals surface area contributed by atoms with E-state index in [0.29, 0.717) is 12.1 Å². The lowest BCUT2D eigenvalue weighted by Gasteiger charge is -2.03. The van der Waals surface area contributed by atoms with Crippen molar-refractivity contribution in [3.63, 3.8) is 0 Å². The van der Waals surface area contributed by atoms with E-state index >= 15 is 0 Å². The van der Waals surface area contributed by atoms with E-state index in [1.807, 2.05) is 36.7 Å². The molecular weight excluding hydrogens is 218 g/mol. The second-order valence-electron chi connectivity index (χ2n) is 3.91. The zero-order chi connectivity index (χ0) is 11.5. The zero-order valence-electron chi connectivity index (χ0n) is 9.36. The monoisotopic (exact) mass is 231 g/mol. The van der Waals surface area contributed by atoms with Crippen LogP contribution < -0.4 is 0 Å². The number of carbonyl (C=O) groups is 1. The van der Waals surface area contributed by atoms with Crippen LogP contribution in [0.1, 0.15) is 27.2 Å². The normalized spacial score (nSPS) is 10.4. The van der Waals surface area contributed by atoms with Crippen LogP contribution in [-0.4, -0.2) is 10.8 Å². The first-order chi connectivity index (χ1) is 7.66. The molecule has 0 spiro atoms. The van der Waals surface area contributed by atoms with Crippen molar-refractivity contribution >= 4 is 17.1 Å². The number of rotatable bonds is 3. The predicted molar refractivity (Wildman–Crippen MR) is 66.1 cm³/mol. The Labute approximate surface area is 99.0 Å². The molecule has 0 aliphatic heterocycles. The summed E-state index contributed by atoms with van der Waals surface area (Å²) in [5, 5.41) is 3.99. The Hall–Kier alpha value is -1.48. The fourth-order valence-electron chi connectivity index (χ4n) is 1.67. The molecule has 2 aromatic heterocycles. The van der Waals surface area contributed by atoms with Gasteiger partial charge in [0.25, 0.3) is 0 Å². The highest BCUT2D eigenvalue weighted by Gasteiger charge is 2.11. The molecule has 0 radical (unpaired) electrons.